The molecule has 1 fully saturated rings. The van der Waals surface area contributed by atoms with Gasteiger partial charge in [-0.2, -0.15) is 4.98 Å². The third kappa shape index (κ3) is 2.69. The van der Waals surface area contributed by atoms with Crippen molar-refractivity contribution in [2.45, 2.75) is 38.8 Å². The molecule has 2 heterocycles. The monoisotopic (exact) mass is 251 g/mol. The zero-order valence-electron chi connectivity index (χ0n) is 10.5. The Kier molecular flexibility index (Phi) is 3.64. The van der Waals surface area contributed by atoms with Crippen molar-refractivity contribution in [2.75, 3.05) is 11.4 Å². The average Bonchev–Trinajstić information content (AvgIpc) is 2.77. The molecule has 0 aliphatic carbocycles. The second-order valence-electron chi connectivity index (χ2n) is 4.55. The molecule has 6 nitrogen and oxygen atoms in total. The Morgan fingerprint density at radius 2 is 2.39 bits per heavy atom. The van der Waals surface area contributed by atoms with Crippen LogP contribution in [0, 0.1) is 0 Å². The van der Waals surface area contributed by atoms with Crippen LogP contribution in [0.25, 0.3) is 0 Å². The highest BCUT2D eigenvalue weighted by Crippen LogP contribution is 2.23. The fourth-order valence-corrected chi connectivity index (χ4v) is 2.04. The van der Waals surface area contributed by atoms with Gasteiger partial charge >= 0.3 is 5.97 Å². The lowest BCUT2D eigenvalue weighted by Crippen LogP contribution is -2.37. The largest absolute Gasteiger partial charge is 0.480 e. The standard InChI is InChI=1S/C12H17N3O3/c1-8(2)18-10-5-6-13-12(14-10)15-7-3-4-9(15)11(16)17/h5-6,8-9H,3-4,7H2,1-2H3,(H,16,17). The van der Waals surface area contributed by atoms with Gasteiger partial charge in [-0.05, 0) is 26.7 Å². The van der Waals surface area contributed by atoms with Crippen molar-refractivity contribution in [3.05, 3.63) is 12.3 Å². The summed E-state index contributed by atoms with van der Waals surface area (Å²) in [5.74, 6) is 0.0790. The van der Waals surface area contributed by atoms with E-state index in [4.69, 9.17) is 9.84 Å². The van der Waals surface area contributed by atoms with Gasteiger partial charge in [-0.3, -0.25) is 0 Å². The molecule has 0 spiro atoms. The molecule has 18 heavy (non-hydrogen) atoms. The van der Waals surface area contributed by atoms with E-state index in [-0.39, 0.29) is 6.10 Å². The summed E-state index contributed by atoms with van der Waals surface area (Å²) in [6, 6.07) is 1.15. The summed E-state index contributed by atoms with van der Waals surface area (Å²) in [5, 5.41) is 9.13. The molecule has 1 N–H and O–H groups in total. The molecule has 1 aliphatic heterocycles. The lowest BCUT2D eigenvalue weighted by molar-refractivity contribution is -0.138. The zero-order valence-corrected chi connectivity index (χ0v) is 10.5. The maximum Gasteiger partial charge on any atom is 0.326 e. The van der Waals surface area contributed by atoms with Crippen molar-refractivity contribution in [1.29, 1.82) is 0 Å². The van der Waals surface area contributed by atoms with Crippen molar-refractivity contribution in [2.24, 2.45) is 0 Å². The Hall–Kier alpha value is -1.85. The summed E-state index contributed by atoms with van der Waals surface area (Å²) in [5.41, 5.74) is 0. The molecule has 0 radical (unpaired) electrons. The van der Waals surface area contributed by atoms with Gasteiger partial charge in [-0.15, -0.1) is 0 Å². The van der Waals surface area contributed by atoms with Gasteiger partial charge in [0.15, 0.2) is 0 Å². The van der Waals surface area contributed by atoms with Gasteiger partial charge < -0.3 is 14.7 Å². The van der Waals surface area contributed by atoms with Gasteiger partial charge in [0.2, 0.25) is 11.8 Å². The Balaban J connectivity index is 2.19. The minimum Gasteiger partial charge on any atom is -0.480 e. The number of carbonyl (C=O) groups is 1. The lowest BCUT2D eigenvalue weighted by Gasteiger charge is -2.21. The lowest BCUT2D eigenvalue weighted by atomic mass is 10.2. The maximum atomic E-state index is 11.1. The van der Waals surface area contributed by atoms with Crippen LogP contribution in [0.2, 0.25) is 0 Å². The van der Waals surface area contributed by atoms with Crippen LogP contribution in [0.4, 0.5) is 5.95 Å². The quantitative estimate of drug-likeness (QED) is 0.869. The third-order valence-corrected chi connectivity index (χ3v) is 2.77. The molecule has 0 saturated carbocycles. The number of nitrogens with zero attached hydrogens (tertiary/aromatic N) is 3. The molecule has 0 aromatic carbocycles. The van der Waals surface area contributed by atoms with Gasteiger partial charge in [0.25, 0.3) is 0 Å². The highest BCUT2D eigenvalue weighted by atomic mass is 16.5. The van der Waals surface area contributed by atoms with Crippen molar-refractivity contribution >= 4 is 11.9 Å². The summed E-state index contributed by atoms with van der Waals surface area (Å²) < 4.78 is 5.48. The van der Waals surface area contributed by atoms with E-state index < -0.39 is 12.0 Å². The third-order valence-electron chi connectivity index (χ3n) is 2.77. The highest BCUT2D eigenvalue weighted by molar-refractivity contribution is 5.78. The van der Waals surface area contributed by atoms with E-state index in [1.165, 1.54) is 0 Å². The summed E-state index contributed by atoms with van der Waals surface area (Å²) in [4.78, 5) is 21.2. The molecule has 1 aliphatic rings. The second kappa shape index (κ2) is 5.20. The minimum atomic E-state index is -0.828. The van der Waals surface area contributed by atoms with Crippen molar-refractivity contribution in [3.63, 3.8) is 0 Å². The Morgan fingerprint density at radius 1 is 1.61 bits per heavy atom. The van der Waals surface area contributed by atoms with E-state index in [0.717, 1.165) is 6.42 Å². The first-order valence-corrected chi connectivity index (χ1v) is 6.07. The molecular weight excluding hydrogens is 234 g/mol. The molecule has 98 valence electrons. The van der Waals surface area contributed by atoms with Crippen molar-refractivity contribution < 1.29 is 14.6 Å². The Morgan fingerprint density at radius 3 is 3.06 bits per heavy atom. The smallest absolute Gasteiger partial charge is 0.326 e. The number of hydrogen-bond acceptors (Lipinski definition) is 5. The maximum absolute atomic E-state index is 11.1. The first-order valence-electron chi connectivity index (χ1n) is 6.07. The van der Waals surface area contributed by atoms with Gasteiger partial charge in [0.1, 0.15) is 6.04 Å². The molecule has 0 bridgehead atoms. The number of hydrogen-bond donors (Lipinski definition) is 1. The van der Waals surface area contributed by atoms with E-state index in [1.807, 2.05) is 13.8 Å². The van der Waals surface area contributed by atoms with Gasteiger partial charge in [-0.25, -0.2) is 9.78 Å². The van der Waals surface area contributed by atoms with Crippen LogP contribution in [-0.2, 0) is 4.79 Å². The van der Waals surface area contributed by atoms with E-state index in [2.05, 4.69) is 9.97 Å². The van der Waals surface area contributed by atoms with Crippen LogP contribution in [0.15, 0.2) is 12.3 Å². The van der Waals surface area contributed by atoms with Crippen LogP contribution in [-0.4, -0.2) is 39.7 Å². The van der Waals surface area contributed by atoms with Gasteiger partial charge in [0.05, 0.1) is 6.10 Å². The first-order chi connectivity index (χ1) is 8.58. The van der Waals surface area contributed by atoms with Crippen LogP contribution in [0.5, 0.6) is 5.88 Å². The minimum absolute atomic E-state index is 0.0293. The molecule has 1 aromatic heterocycles. The molecule has 2 rings (SSSR count). The highest BCUT2D eigenvalue weighted by Gasteiger charge is 2.32. The van der Waals surface area contributed by atoms with E-state index in [9.17, 15) is 4.79 Å². The van der Waals surface area contributed by atoms with Crippen LogP contribution in [0.3, 0.4) is 0 Å². The van der Waals surface area contributed by atoms with Crippen LogP contribution < -0.4 is 9.64 Å². The molecular formula is C12H17N3O3. The predicted molar refractivity (Wildman–Crippen MR) is 65.8 cm³/mol. The van der Waals surface area contributed by atoms with Gasteiger partial charge in [0, 0.05) is 18.8 Å². The molecule has 6 heteroatoms. The molecule has 1 saturated heterocycles. The SMILES string of the molecule is CC(C)Oc1ccnc(N2CCCC2C(=O)O)n1. The van der Waals surface area contributed by atoms with Crippen molar-refractivity contribution in [1.82, 2.24) is 9.97 Å². The topological polar surface area (TPSA) is 75.5 Å². The summed E-state index contributed by atoms with van der Waals surface area (Å²) in [6.45, 7) is 4.50. The Labute approximate surface area is 106 Å². The number of ether oxygens (including phenoxy) is 1. The second-order valence-corrected chi connectivity index (χ2v) is 4.55. The Bertz CT molecular complexity index is 436. The number of aromatic nitrogens is 2. The van der Waals surface area contributed by atoms with Gasteiger partial charge in [-0.1, -0.05) is 0 Å². The predicted octanol–water partition coefficient (Wildman–Crippen LogP) is 1.32. The summed E-state index contributed by atoms with van der Waals surface area (Å²) >= 11 is 0. The molecule has 1 aromatic rings. The fourth-order valence-electron chi connectivity index (χ4n) is 2.04. The first kappa shape index (κ1) is 12.6. The van der Waals surface area contributed by atoms with E-state index in [1.54, 1.807) is 17.2 Å². The molecule has 0 amide bonds. The number of rotatable bonds is 4. The number of anilines is 1. The zero-order chi connectivity index (χ0) is 13.1. The molecule has 1 atom stereocenters. The van der Waals surface area contributed by atoms with E-state index in [0.29, 0.717) is 24.8 Å². The number of carboxylic acids is 1. The normalized spacial score (nSPS) is 19.3. The van der Waals surface area contributed by atoms with Crippen LogP contribution in [0.1, 0.15) is 26.7 Å². The summed E-state index contributed by atoms with van der Waals surface area (Å²) in [7, 11) is 0. The van der Waals surface area contributed by atoms with Crippen molar-refractivity contribution in [3.8, 4) is 5.88 Å². The van der Waals surface area contributed by atoms with E-state index >= 15 is 0 Å². The molecule has 1 unspecified atom stereocenters. The number of carboxylic acid groups (broad SMARTS) is 1. The summed E-state index contributed by atoms with van der Waals surface area (Å²) in [6.07, 6.45) is 3.10. The number of aliphatic carboxylic acids is 1. The van der Waals surface area contributed by atoms with Crippen LogP contribution >= 0.6 is 0 Å². The fraction of sp³-hybridized carbons (Fsp3) is 0.583. The average molecular weight is 251 g/mol.